The van der Waals surface area contributed by atoms with E-state index in [1.807, 2.05) is 60.7 Å². The summed E-state index contributed by atoms with van der Waals surface area (Å²) in [7, 11) is 1.72. The summed E-state index contributed by atoms with van der Waals surface area (Å²) in [4.78, 5) is 14.7. The summed E-state index contributed by atoms with van der Waals surface area (Å²) in [5, 5.41) is 0. The fourth-order valence-corrected chi connectivity index (χ4v) is 2.95. The fourth-order valence-electron chi connectivity index (χ4n) is 2.95. The number of likely N-dealkylation sites (N-methyl/N-ethyl adjacent to an activating group) is 1. The minimum Gasteiger partial charge on any atom is -0.341 e. The Morgan fingerprint density at radius 1 is 0.840 bits per heavy atom. The molecule has 0 spiro atoms. The molecule has 0 saturated carbocycles. The molecule has 0 unspecified atom stereocenters. The molecule has 0 aliphatic carbocycles. The summed E-state index contributed by atoms with van der Waals surface area (Å²) in [6.45, 7) is 0.238. The van der Waals surface area contributed by atoms with Gasteiger partial charge in [-0.25, -0.2) is 4.39 Å². The van der Waals surface area contributed by atoms with Gasteiger partial charge in [0.25, 0.3) is 0 Å². The van der Waals surface area contributed by atoms with E-state index in [1.54, 1.807) is 30.1 Å². The largest absolute Gasteiger partial charge is 0.341 e. The Kier molecular flexibility index (Phi) is 5.24. The number of carbonyl (C=O) groups is 1. The summed E-state index contributed by atoms with van der Waals surface area (Å²) in [5.41, 5.74) is 2.37. The van der Waals surface area contributed by atoms with Gasteiger partial charge in [-0.15, -0.1) is 0 Å². The van der Waals surface area contributed by atoms with Gasteiger partial charge in [0, 0.05) is 19.2 Å². The van der Waals surface area contributed by atoms with E-state index >= 15 is 0 Å². The summed E-state index contributed by atoms with van der Waals surface area (Å²) < 4.78 is 13.9. The van der Waals surface area contributed by atoms with Gasteiger partial charge in [-0.1, -0.05) is 78.9 Å². The van der Waals surface area contributed by atoms with Crippen molar-refractivity contribution in [1.82, 2.24) is 4.90 Å². The molecule has 2 nitrogen and oxygen atoms in total. The molecule has 0 heterocycles. The van der Waals surface area contributed by atoms with Crippen molar-refractivity contribution >= 4 is 5.91 Å². The van der Waals surface area contributed by atoms with Crippen LogP contribution in [0.25, 0.3) is 0 Å². The number of hydrogen-bond donors (Lipinski definition) is 0. The summed E-state index contributed by atoms with van der Waals surface area (Å²) >= 11 is 0. The van der Waals surface area contributed by atoms with Crippen molar-refractivity contribution in [3.63, 3.8) is 0 Å². The highest BCUT2D eigenvalue weighted by molar-refractivity contribution is 5.87. The Bertz CT molecular complexity index is 793. The van der Waals surface area contributed by atoms with Gasteiger partial charge in [0.1, 0.15) is 5.82 Å². The number of carbonyl (C=O) groups excluding carboxylic acids is 1. The van der Waals surface area contributed by atoms with E-state index in [4.69, 9.17) is 0 Å². The lowest BCUT2D eigenvalue weighted by Gasteiger charge is -2.25. The van der Waals surface area contributed by atoms with E-state index in [1.165, 1.54) is 6.07 Å². The lowest BCUT2D eigenvalue weighted by Crippen LogP contribution is -2.32. The fraction of sp³-hybridized carbons (Fsp3) is 0.136. The predicted octanol–water partition coefficient (Wildman–Crippen LogP) is 4.62. The quantitative estimate of drug-likeness (QED) is 0.667. The predicted molar refractivity (Wildman–Crippen MR) is 97.6 cm³/mol. The molecule has 0 atom stereocenters. The van der Waals surface area contributed by atoms with Gasteiger partial charge >= 0.3 is 0 Å². The van der Waals surface area contributed by atoms with Gasteiger partial charge in [-0.2, -0.15) is 0 Å². The van der Waals surface area contributed by atoms with Crippen molar-refractivity contribution in [3.8, 4) is 0 Å². The molecular weight excluding hydrogens is 313 g/mol. The molecule has 0 bridgehead atoms. The van der Waals surface area contributed by atoms with Crippen molar-refractivity contribution in [2.75, 3.05) is 7.05 Å². The molecule has 0 N–H and O–H groups in total. The first-order valence-corrected chi connectivity index (χ1v) is 8.25. The van der Waals surface area contributed by atoms with Crippen molar-refractivity contribution in [3.05, 3.63) is 107 Å². The zero-order valence-corrected chi connectivity index (χ0v) is 14.1. The first kappa shape index (κ1) is 16.9. The SMILES string of the molecule is CN(Cc1ccccc1F)C(=O)C(c1ccccc1)c1ccccc1. The average Bonchev–Trinajstić information content (AvgIpc) is 2.65. The van der Waals surface area contributed by atoms with Crippen LogP contribution < -0.4 is 0 Å². The van der Waals surface area contributed by atoms with Crippen LogP contribution in [0.3, 0.4) is 0 Å². The molecule has 3 aromatic carbocycles. The molecule has 0 aromatic heterocycles. The average molecular weight is 333 g/mol. The number of rotatable bonds is 5. The molecule has 3 rings (SSSR count). The smallest absolute Gasteiger partial charge is 0.234 e. The third kappa shape index (κ3) is 3.94. The van der Waals surface area contributed by atoms with E-state index in [-0.39, 0.29) is 18.3 Å². The van der Waals surface area contributed by atoms with Crippen molar-refractivity contribution < 1.29 is 9.18 Å². The maximum atomic E-state index is 13.9. The molecule has 0 radical (unpaired) electrons. The first-order chi connectivity index (χ1) is 12.2. The minimum atomic E-state index is -0.404. The molecule has 1 amide bonds. The zero-order valence-electron chi connectivity index (χ0n) is 14.1. The first-order valence-electron chi connectivity index (χ1n) is 8.25. The number of hydrogen-bond acceptors (Lipinski definition) is 1. The normalized spacial score (nSPS) is 10.7. The van der Waals surface area contributed by atoms with Crippen LogP contribution in [0.2, 0.25) is 0 Å². The maximum Gasteiger partial charge on any atom is 0.234 e. The molecule has 25 heavy (non-hydrogen) atoms. The number of halogens is 1. The molecule has 0 fully saturated rings. The van der Waals surface area contributed by atoms with E-state index in [9.17, 15) is 9.18 Å². The molecule has 0 aliphatic rings. The second-order valence-corrected chi connectivity index (χ2v) is 6.04. The van der Waals surface area contributed by atoms with Gasteiger partial charge in [-0.3, -0.25) is 4.79 Å². The molecule has 3 aromatic rings. The molecule has 3 heteroatoms. The Balaban J connectivity index is 1.90. The zero-order chi connectivity index (χ0) is 17.6. The van der Waals surface area contributed by atoms with Crippen LogP contribution in [0.5, 0.6) is 0 Å². The second kappa shape index (κ2) is 7.75. The summed E-state index contributed by atoms with van der Waals surface area (Å²) in [6, 6.07) is 25.9. The van der Waals surface area contributed by atoms with Gasteiger partial charge in [-0.05, 0) is 17.2 Å². The Hall–Kier alpha value is -2.94. The highest BCUT2D eigenvalue weighted by Gasteiger charge is 2.25. The van der Waals surface area contributed by atoms with E-state index < -0.39 is 5.92 Å². The van der Waals surface area contributed by atoms with Gasteiger partial charge in [0.15, 0.2) is 0 Å². The number of amides is 1. The van der Waals surface area contributed by atoms with Gasteiger partial charge < -0.3 is 4.90 Å². The van der Waals surface area contributed by atoms with Crippen LogP contribution in [0.15, 0.2) is 84.9 Å². The van der Waals surface area contributed by atoms with Crippen LogP contribution in [0.1, 0.15) is 22.6 Å². The van der Waals surface area contributed by atoms with Crippen molar-refractivity contribution in [2.45, 2.75) is 12.5 Å². The summed E-state index contributed by atoms with van der Waals surface area (Å²) in [6.07, 6.45) is 0. The topological polar surface area (TPSA) is 20.3 Å². The van der Waals surface area contributed by atoms with Crippen LogP contribution >= 0.6 is 0 Å². The summed E-state index contributed by atoms with van der Waals surface area (Å²) in [5.74, 6) is -0.752. The highest BCUT2D eigenvalue weighted by Crippen LogP contribution is 2.27. The van der Waals surface area contributed by atoms with E-state index in [0.717, 1.165) is 11.1 Å². The third-order valence-electron chi connectivity index (χ3n) is 4.25. The van der Waals surface area contributed by atoms with Crippen LogP contribution in [0, 0.1) is 5.82 Å². The second-order valence-electron chi connectivity index (χ2n) is 6.04. The standard InChI is InChI=1S/C22H20FNO/c1-24(16-19-14-8-9-15-20(19)23)22(25)21(17-10-4-2-5-11-17)18-12-6-3-7-13-18/h2-15,21H,16H2,1H3. The van der Waals surface area contributed by atoms with E-state index in [2.05, 4.69) is 0 Å². The van der Waals surface area contributed by atoms with Crippen molar-refractivity contribution in [2.24, 2.45) is 0 Å². The molecule has 126 valence electrons. The van der Waals surface area contributed by atoms with Gasteiger partial charge in [0.2, 0.25) is 5.91 Å². The van der Waals surface area contributed by atoms with Gasteiger partial charge in [0.05, 0.1) is 5.92 Å². The number of benzene rings is 3. The number of nitrogens with zero attached hydrogens (tertiary/aromatic N) is 1. The monoisotopic (exact) mass is 333 g/mol. The van der Waals surface area contributed by atoms with Crippen molar-refractivity contribution in [1.29, 1.82) is 0 Å². The highest BCUT2D eigenvalue weighted by atomic mass is 19.1. The molecule has 0 saturated heterocycles. The van der Waals surface area contributed by atoms with Crippen LogP contribution in [-0.4, -0.2) is 17.9 Å². The lowest BCUT2D eigenvalue weighted by atomic mass is 9.90. The Morgan fingerprint density at radius 2 is 1.32 bits per heavy atom. The maximum absolute atomic E-state index is 13.9. The van der Waals surface area contributed by atoms with Crippen LogP contribution in [0.4, 0.5) is 4.39 Å². The molecule has 0 aliphatic heterocycles. The minimum absolute atomic E-state index is 0.0550. The Morgan fingerprint density at radius 3 is 1.84 bits per heavy atom. The lowest BCUT2D eigenvalue weighted by molar-refractivity contribution is -0.131. The molecular formula is C22H20FNO. The third-order valence-corrected chi connectivity index (χ3v) is 4.25. The Labute approximate surface area is 147 Å². The van der Waals surface area contributed by atoms with Crippen LogP contribution in [-0.2, 0) is 11.3 Å². The van der Waals surface area contributed by atoms with E-state index in [0.29, 0.717) is 5.56 Å².